The van der Waals surface area contributed by atoms with E-state index in [2.05, 4.69) is 4.98 Å². The molecule has 2 rings (SSSR count). The van der Waals surface area contributed by atoms with Crippen LogP contribution in [0.5, 0.6) is 17.2 Å². The van der Waals surface area contributed by atoms with E-state index in [4.69, 9.17) is 23.7 Å². The standard InChI is InChI=1S/C27H32F3NO8/c1-15(2)24(39-20-9-7-19(8-10-20)27(28,29)30)17(4)38-26(34)16(3)13-21(33)23-25(37-14-36-18(5)32)22(35-6)11-12-31-23/h7-12,15-17,24H,13-14H2,1-6H3/t16-,17+,24-/m1/s1. The number of ketones is 1. The highest BCUT2D eigenvalue weighted by molar-refractivity contribution is 5.99. The first-order valence-corrected chi connectivity index (χ1v) is 12.1. The van der Waals surface area contributed by atoms with Crippen molar-refractivity contribution in [1.29, 1.82) is 0 Å². The molecule has 9 nitrogen and oxygen atoms in total. The molecule has 0 aliphatic carbocycles. The minimum Gasteiger partial charge on any atom is -0.493 e. The lowest BCUT2D eigenvalue weighted by Gasteiger charge is -2.29. The van der Waals surface area contributed by atoms with Crippen LogP contribution in [0.25, 0.3) is 0 Å². The molecular weight excluding hydrogens is 523 g/mol. The number of Topliss-reactive ketones (excluding diaryl/α,β-unsaturated/α-hetero) is 1. The van der Waals surface area contributed by atoms with E-state index in [1.165, 1.54) is 45.4 Å². The van der Waals surface area contributed by atoms with Crippen molar-refractivity contribution in [1.82, 2.24) is 4.98 Å². The molecule has 12 heteroatoms. The lowest BCUT2D eigenvalue weighted by Crippen LogP contribution is -2.38. The summed E-state index contributed by atoms with van der Waals surface area (Å²) in [4.78, 5) is 40.9. The van der Waals surface area contributed by atoms with Gasteiger partial charge in [0, 0.05) is 25.6 Å². The molecule has 1 aromatic heterocycles. The maximum Gasteiger partial charge on any atom is 0.416 e. The lowest BCUT2D eigenvalue weighted by atomic mass is 10.0. The third-order valence-corrected chi connectivity index (χ3v) is 5.59. The second kappa shape index (κ2) is 13.8. The molecule has 2 aromatic rings. The molecule has 0 aliphatic heterocycles. The first kappa shape index (κ1) is 31.4. The van der Waals surface area contributed by atoms with Gasteiger partial charge in [-0.25, -0.2) is 4.98 Å². The fourth-order valence-corrected chi connectivity index (χ4v) is 3.58. The normalized spacial score (nSPS) is 13.7. The van der Waals surface area contributed by atoms with Gasteiger partial charge in [0.15, 0.2) is 23.0 Å². The zero-order valence-electron chi connectivity index (χ0n) is 22.5. The van der Waals surface area contributed by atoms with Crippen LogP contribution in [-0.2, 0) is 25.2 Å². The van der Waals surface area contributed by atoms with Crippen LogP contribution in [0.1, 0.15) is 57.1 Å². The number of nitrogens with zero attached hydrogens (tertiary/aromatic N) is 1. The van der Waals surface area contributed by atoms with Crippen molar-refractivity contribution in [2.45, 2.75) is 59.4 Å². The van der Waals surface area contributed by atoms with Crippen LogP contribution in [0, 0.1) is 11.8 Å². The summed E-state index contributed by atoms with van der Waals surface area (Å²) in [6.45, 7) is 7.47. The molecule has 0 N–H and O–H groups in total. The number of carbonyl (C=O) groups excluding carboxylic acids is 3. The van der Waals surface area contributed by atoms with Crippen molar-refractivity contribution in [3.8, 4) is 17.2 Å². The second-order valence-corrected chi connectivity index (χ2v) is 9.11. The number of hydrogen-bond donors (Lipinski definition) is 0. The zero-order valence-corrected chi connectivity index (χ0v) is 22.5. The number of carbonyl (C=O) groups is 3. The minimum atomic E-state index is -4.47. The number of rotatable bonds is 13. The minimum absolute atomic E-state index is 0.0370. The fourth-order valence-electron chi connectivity index (χ4n) is 3.58. The van der Waals surface area contributed by atoms with Crippen LogP contribution in [0.15, 0.2) is 36.5 Å². The highest BCUT2D eigenvalue weighted by atomic mass is 19.4. The van der Waals surface area contributed by atoms with E-state index in [0.29, 0.717) is 0 Å². The SMILES string of the molecule is COc1ccnc(C(=O)C[C@@H](C)C(=O)O[C@@H](C)[C@H](Oc2ccc(C(F)(F)F)cc2)C(C)C)c1OCOC(C)=O. The average Bonchev–Trinajstić information content (AvgIpc) is 2.86. The Hall–Kier alpha value is -3.83. The molecule has 0 spiro atoms. The summed E-state index contributed by atoms with van der Waals surface area (Å²) in [6, 6.07) is 5.69. The Balaban J connectivity index is 2.07. The summed E-state index contributed by atoms with van der Waals surface area (Å²) >= 11 is 0. The molecule has 1 heterocycles. The van der Waals surface area contributed by atoms with Crippen LogP contribution in [0.2, 0.25) is 0 Å². The van der Waals surface area contributed by atoms with Gasteiger partial charge >= 0.3 is 18.1 Å². The maximum absolute atomic E-state index is 13.0. The van der Waals surface area contributed by atoms with E-state index in [-0.39, 0.29) is 35.3 Å². The Morgan fingerprint density at radius 2 is 1.64 bits per heavy atom. The Morgan fingerprint density at radius 3 is 2.18 bits per heavy atom. The predicted octanol–water partition coefficient (Wildman–Crippen LogP) is 5.25. The first-order valence-electron chi connectivity index (χ1n) is 12.1. The van der Waals surface area contributed by atoms with Crippen molar-refractivity contribution in [3.05, 3.63) is 47.8 Å². The summed E-state index contributed by atoms with van der Waals surface area (Å²) in [7, 11) is 1.36. The van der Waals surface area contributed by atoms with Crippen molar-refractivity contribution >= 4 is 17.7 Å². The maximum atomic E-state index is 13.0. The molecule has 0 amide bonds. The summed E-state index contributed by atoms with van der Waals surface area (Å²) in [5.41, 5.74) is -0.917. The molecule has 214 valence electrons. The zero-order chi connectivity index (χ0) is 29.3. The number of halogens is 3. The smallest absolute Gasteiger partial charge is 0.416 e. The Morgan fingerprint density at radius 1 is 1.00 bits per heavy atom. The molecule has 0 unspecified atom stereocenters. The molecule has 0 aliphatic rings. The number of hydrogen-bond acceptors (Lipinski definition) is 9. The van der Waals surface area contributed by atoms with Gasteiger partial charge in [-0.3, -0.25) is 14.4 Å². The van der Waals surface area contributed by atoms with Crippen molar-refractivity contribution in [2.24, 2.45) is 11.8 Å². The number of esters is 2. The number of methoxy groups -OCH3 is 1. The van der Waals surface area contributed by atoms with Crippen molar-refractivity contribution in [3.63, 3.8) is 0 Å². The largest absolute Gasteiger partial charge is 0.493 e. The van der Waals surface area contributed by atoms with E-state index >= 15 is 0 Å². The predicted molar refractivity (Wildman–Crippen MR) is 132 cm³/mol. The topological polar surface area (TPSA) is 110 Å². The summed E-state index contributed by atoms with van der Waals surface area (Å²) in [5, 5.41) is 0. The highest BCUT2D eigenvalue weighted by Crippen LogP contribution is 2.32. The van der Waals surface area contributed by atoms with E-state index in [0.717, 1.165) is 12.1 Å². The molecule has 1 aromatic carbocycles. The number of alkyl halides is 3. The van der Waals surface area contributed by atoms with Gasteiger partial charge in [-0.05, 0) is 37.1 Å². The van der Waals surface area contributed by atoms with Gasteiger partial charge in [0.25, 0.3) is 0 Å². The highest BCUT2D eigenvalue weighted by Gasteiger charge is 2.32. The van der Waals surface area contributed by atoms with Gasteiger partial charge in [0.05, 0.1) is 18.6 Å². The molecule has 0 radical (unpaired) electrons. The summed E-state index contributed by atoms with van der Waals surface area (Å²) < 4.78 is 65.3. The number of pyridine rings is 1. The molecule has 0 saturated heterocycles. The molecule has 3 atom stereocenters. The number of ether oxygens (including phenoxy) is 5. The number of benzene rings is 1. The van der Waals surface area contributed by atoms with E-state index in [1.807, 2.05) is 13.8 Å². The van der Waals surface area contributed by atoms with Gasteiger partial charge in [0.2, 0.25) is 6.79 Å². The van der Waals surface area contributed by atoms with Gasteiger partial charge in [-0.2, -0.15) is 13.2 Å². The van der Waals surface area contributed by atoms with Gasteiger partial charge in [-0.1, -0.05) is 20.8 Å². The average molecular weight is 556 g/mol. The van der Waals surface area contributed by atoms with Crippen LogP contribution in [0.3, 0.4) is 0 Å². The van der Waals surface area contributed by atoms with Crippen LogP contribution >= 0.6 is 0 Å². The molecular formula is C27H32F3NO8. The quantitative estimate of drug-likeness (QED) is 0.186. The van der Waals surface area contributed by atoms with Gasteiger partial charge in [0.1, 0.15) is 18.0 Å². The van der Waals surface area contributed by atoms with Crippen LogP contribution in [0.4, 0.5) is 13.2 Å². The molecule has 0 saturated carbocycles. The molecule has 0 bridgehead atoms. The lowest BCUT2D eigenvalue weighted by molar-refractivity contribution is -0.158. The summed E-state index contributed by atoms with van der Waals surface area (Å²) in [5.74, 6) is -2.50. The molecule has 0 fully saturated rings. The Kier molecular flexibility index (Phi) is 11.1. The monoisotopic (exact) mass is 555 g/mol. The second-order valence-electron chi connectivity index (χ2n) is 9.11. The van der Waals surface area contributed by atoms with E-state index in [9.17, 15) is 27.6 Å². The van der Waals surface area contributed by atoms with Gasteiger partial charge in [-0.15, -0.1) is 0 Å². The van der Waals surface area contributed by atoms with E-state index in [1.54, 1.807) is 6.92 Å². The van der Waals surface area contributed by atoms with Gasteiger partial charge < -0.3 is 23.7 Å². The Labute approximate surface area is 224 Å². The third-order valence-electron chi connectivity index (χ3n) is 5.59. The fraction of sp³-hybridized carbons (Fsp3) is 0.481. The Bertz CT molecular complexity index is 1130. The third kappa shape index (κ3) is 9.15. The first-order chi connectivity index (χ1) is 18.2. The van der Waals surface area contributed by atoms with Crippen LogP contribution in [-0.4, -0.2) is 48.8 Å². The number of aromatic nitrogens is 1. The van der Waals surface area contributed by atoms with Crippen molar-refractivity contribution in [2.75, 3.05) is 13.9 Å². The summed E-state index contributed by atoms with van der Waals surface area (Å²) in [6.07, 6.45) is -4.87. The van der Waals surface area contributed by atoms with E-state index < -0.39 is 54.4 Å². The van der Waals surface area contributed by atoms with Crippen LogP contribution < -0.4 is 14.2 Å². The molecule has 39 heavy (non-hydrogen) atoms. The van der Waals surface area contributed by atoms with Crippen molar-refractivity contribution < 1.29 is 51.2 Å².